The standard InChI is InChI=1S/C27H40N2O/c1-3-7-23(25-11-5-9-21(17-25)19-28)13-15-27(30)16-14-24(8-4-2)26-12-6-10-22(18-26)20-29/h5-6,9-12,17-18,23-24H,3-4,7-8,13-16,19-20,28-29H2,1-2H3. The van der Waals surface area contributed by atoms with Crippen LogP contribution in [-0.2, 0) is 17.9 Å². The van der Waals surface area contributed by atoms with Gasteiger partial charge in [-0.25, -0.2) is 0 Å². The lowest BCUT2D eigenvalue weighted by Crippen LogP contribution is -2.08. The van der Waals surface area contributed by atoms with E-state index in [1.807, 2.05) is 0 Å². The summed E-state index contributed by atoms with van der Waals surface area (Å²) in [4.78, 5) is 12.7. The summed E-state index contributed by atoms with van der Waals surface area (Å²) in [6.45, 7) is 5.56. The zero-order valence-corrected chi connectivity index (χ0v) is 18.9. The smallest absolute Gasteiger partial charge is 0.132 e. The lowest BCUT2D eigenvalue weighted by atomic mass is 9.86. The van der Waals surface area contributed by atoms with Crippen molar-refractivity contribution in [1.82, 2.24) is 0 Å². The average Bonchev–Trinajstić information content (AvgIpc) is 2.79. The minimum absolute atomic E-state index is 0.391. The van der Waals surface area contributed by atoms with E-state index in [1.165, 1.54) is 22.3 Å². The lowest BCUT2D eigenvalue weighted by Gasteiger charge is -2.19. The molecule has 0 saturated carbocycles. The summed E-state index contributed by atoms with van der Waals surface area (Å²) in [7, 11) is 0. The quantitative estimate of drug-likeness (QED) is 0.391. The van der Waals surface area contributed by atoms with Gasteiger partial charge < -0.3 is 11.5 Å². The normalized spacial score (nSPS) is 13.2. The van der Waals surface area contributed by atoms with Gasteiger partial charge in [0.25, 0.3) is 0 Å². The van der Waals surface area contributed by atoms with Gasteiger partial charge in [-0.05, 0) is 59.8 Å². The highest BCUT2D eigenvalue weighted by atomic mass is 16.1. The SMILES string of the molecule is CCCC(CCC(=O)CCC(CCC)c1cccc(CN)c1)c1cccc(CN)c1. The van der Waals surface area contributed by atoms with E-state index in [2.05, 4.69) is 62.4 Å². The highest BCUT2D eigenvalue weighted by Gasteiger charge is 2.16. The number of Topliss-reactive ketones (excluding diaryl/α,β-unsaturated/α-hetero) is 1. The van der Waals surface area contributed by atoms with Gasteiger partial charge in [-0.3, -0.25) is 4.79 Å². The van der Waals surface area contributed by atoms with Crippen LogP contribution in [0.2, 0.25) is 0 Å². The second kappa shape index (κ2) is 13.4. The number of hydrogen-bond acceptors (Lipinski definition) is 3. The molecule has 0 saturated heterocycles. The number of benzene rings is 2. The van der Waals surface area contributed by atoms with Gasteiger partial charge in [-0.15, -0.1) is 0 Å². The van der Waals surface area contributed by atoms with Crippen LogP contribution in [0.1, 0.15) is 99.3 Å². The van der Waals surface area contributed by atoms with Gasteiger partial charge in [0.05, 0.1) is 0 Å². The van der Waals surface area contributed by atoms with Crippen molar-refractivity contribution in [3.63, 3.8) is 0 Å². The third-order valence-corrected chi connectivity index (χ3v) is 6.13. The van der Waals surface area contributed by atoms with E-state index in [-0.39, 0.29) is 0 Å². The molecule has 2 aromatic rings. The number of hydrogen-bond donors (Lipinski definition) is 2. The fraction of sp³-hybridized carbons (Fsp3) is 0.519. The van der Waals surface area contributed by atoms with Gasteiger partial charge in [0.1, 0.15) is 5.78 Å². The Morgan fingerprint density at radius 2 is 1.17 bits per heavy atom. The van der Waals surface area contributed by atoms with E-state index in [0.717, 1.165) is 38.5 Å². The van der Waals surface area contributed by atoms with Gasteiger partial charge >= 0.3 is 0 Å². The van der Waals surface area contributed by atoms with Crippen LogP contribution >= 0.6 is 0 Å². The first kappa shape index (κ1) is 24.3. The van der Waals surface area contributed by atoms with E-state index in [0.29, 0.717) is 43.6 Å². The molecule has 0 amide bonds. The van der Waals surface area contributed by atoms with Crippen molar-refractivity contribution in [2.24, 2.45) is 11.5 Å². The van der Waals surface area contributed by atoms with Crippen LogP contribution in [0, 0.1) is 0 Å². The second-order valence-electron chi connectivity index (χ2n) is 8.49. The van der Waals surface area contributed by atoms with Gasteiger partial charge in [0, 0.05) is 25.9 Å². The fourth-order valence-electron chi connectivity index (χ4n) is 4.40. The van der Waals surface area contributed by atoms with Gasteiger partial charge in [0.2, 0.25) is 0 Å². The number of carbonyl (C=O) groups is 1. The molecule has 0 aromatic heterocycles. The molecule has 0 aliphatic rings. The Morgan fingerprint density at radius 3 is 1.53 bits per heavy atom. The number of ketones is 1. The van der Waals surface area contributed by atoms with Crippen molar-refractivity contribution in [3.05, 3.63) is 70.8 Å². The summed E-state index contributed by atoms with van der Waals surface area (Å²) in [5, 5.41) is 0. The molecule has 2 aromatic carbocycles. The summed E-state index contributed by atoms with van der Waals surface area (Å²) in [6.07, 6.45) is 7.68. The Labute approximate surface area is 183 Å². The van der Waals surface area contributed by atoms with Crippen LogP contribution in [0.5, 0.6) is 0 Å². The van der Waals surface area contributed by atoms with Crippen LogP contribution < -0.4 is 11.5 Å². The van der Waals surface area contributed by atoms with Crippen molar-refractivity contribution in [2.45, 2.75) is 90.1 Å². The first-order valence-electron chi connectivity index (χ1n) is 11.7. The van der Waals surface area contributed by atoms with E-state index < -0.39 is 0 Å². The van der Waals surface area contributed by atoms with Crippen LogP contribution in [0.4, 0.5) is 0 Å². The molecule has 4 N–H and O–H groups in total. The zero-order valence-electron chi connectivity index (χ0n) is 18.9. The molecule has 2 rings (SSSR count). The van der Waals surface area contributed by atoms with Crippen LogP contribution in [-0.4, -0.2) is 5.78 Å². The minimum Gasteiger partial charge on any atom is -0.326 e. The van der Waals surface area contributed by atoms with E-state index >= 15 is 0 Å². The van der Waals surface area contributed by atoms with Gasteiger partial charge in [0.15, 0.2) is 0 Å². The molecular formula is C27H40N2O. The maximum Gasteiger partial charge on any atom is 0.132 e. The van der Waals surface area contributed by atoms with E-state index in [4.69, 9.17) is 11.5 Å². The van der Waals surface area contributed by atoms with Crippen molar-refractivity contribution in [2.75, 3.05) is 0 Å². The predicted molar refractivity (Wildman–Crippen MR) is 127 cm³/mol. The van der Waals surface area contributed by atoms with Crippen molar-refractivity contribution in [3.8, 4) is 0 Å². The molecule has 0 aliphatic heterocycles. The maximum atomic E-state index is 12.7. The molecule has 164 valence electrons. The van der Waals surface area contributed by atoms with Crippen molar-refractivity contribution < 1.29 is 4.79 Å². The molecule has 0 heterocycles. The molecule has 0 spiro atoms. The molecule has 0 radical (unpaired) electrons. The molecule has 3 heteroatoms. The van der Waals surface area contributed by atoms with E-state index in [9.17, 15) is 4.79 Å². The fourth-order valence-corrected chi connectivity index (χ4v) is 4.40. The maximum absolute atomic E-state index is 12.7. The summed E-state index contributed by atoms with van der Waals surface area (Å²) in [6, 6.07) is 17.1. The van der Waals surface area contributed by atoms with Crippen LogP contribution in [0.3, 0.4) is 0 Å². The highest BCUT2D eigenvalue weighted by Crippen LogP contribution is 2.30. The zero-order chi connectivity index (χ0) is 21.8. The first-order chi connectivity index (χ1) is 14.6. The third kappa shape index (κ3) is 7.70. The van der Waals surface area contributed by atoms with Crippen molar-refractivity contribution >= 4 is 5.78 Å². The summed E-state index contributed by atoms with van der Waals surface area (Å²) in [5.74, 6) is 1.28. The Hall–Kier alpha value is -1.97. The summed E-state index contributed by atoms with van der Waals surface area (Å²) < 4.78 is 0. The Bertz CT molecular complexity index is 707. The molecule has 30 heavy (non-hydrogen) atoms. The molecule has 0 aliphatic carbocycles. The summed E-state index contributed by atoms with van der Waals surface area (Å²) in [5.41, 5.74) is 16.6. The average molecular weight is 409 g/mol. The molecule has 3 nitrogen and oxygen atoms in total. The highest BCUT2D eigenvalue weighted by molar-refractivity contribution is 5.78. The predicted octanol–water partition coefficient (Wildman–Crippen LogP) is 6.20. The second-order valence-corrected chi connectivity index (χ2v) is 8.49. The molecule has 2 atom stereocenters. The Balaban J connectivity index is 1.93. The number of rotatable bonds is 14. The number of carbonyl (C=O) groups excluding carboxylic acids is 1. The topological polar surface area (TPSA) is 69.1 Å². The Kier molecular flexibility index (Phi) is 10.8. The Morgan fingerprint density at radius 1 is 0.733 bits per heavy atom. The summed E-state index contributed by atoms with van der Waals surface area (Å²) >= 11 is 0. The van der Waals surface area contributed by atoms with Gasteiger partial charge in [-0.2, -0.15) is 0 Å². The van der Waals surface area contributed by atoms with Crippen LogP contribution in [0.25, 0.3) is 0 Å². The van der Waals surface area contributed by atoms with Gasteiger partial charge in [-0.1, -0.05) is 75.2 Å². The first-order valence-corrected chi connectivity index (χ1v) is 11.7. The largest absolute Gasteiger partial charge is 0.326 e. The lowest BCUT2D eigenvalue weighted by molar-refractivity contribution is -0.119. The molecule has 0 fully saturated rings. The third-order valence-electron chi connectivity index (χ3n) is 6.13. The molecule has 2 unspecified atom stereocenters. The van der Waals surface area contributed by atoms with Crippen molar-refractivity contribution in [1.29, 1.82) is 0 Å². The number of nitrogens with two attached hydrogens (primary N) is 2. The van der Waals surface area contributed by atoms with E-state index in [1.54, 1.807) is 0 Å². The van der Waals surface area contributed by atoms with Crippen LogP contribution in [0.15, 0.2) is 48.5 Å². The molecule has 0 bridgehead atoms. The monoisotopic (exact) mass is 408 g/mol. The molecular weight excluding hydrogens is 368 g/mol. The minimum atomic E-state index is 0.391.